The molecule has 0 saturated carbocycles. The molecule has 1 aliphatic carbocycles. The normalized spacial score (nSPS) is 13.3. The van der Waals surface area contributed by atoms with Crippen molar-refractivity contribution in [3.63, 3.8) is 0 Å². The fourth-order valence-electron chi connectivity index (χ4n) is 4.71. The average molecular weight is 608 g/mol. The maximum absolute atomic E-state index is 12.3. The van der Waals surface area contributed by atoms with Crippen LogP contribution in [0.3, 0.4) is 0 Å². The fourth-order valence-corrected chi connectivity index (χ4v) is 6.06. The zero-order valence-corrected chi connectivity index (χ0v) is 25.4. The summed E-state index contributed by atoms with van der Waals surface area (Å²) in [5, 5.41) is 0. The molecule has 0 fully saturated rings. The molecule has 0 heterocycles. The van der Waals surface area contributed by atoms with Gasteiger partial charge in [0.05, 0.1) is 16.3 Å². The van der Waals surface area contributed by atoms with Crippen molar-refractivity contribution in [1.82, 2.24) is 0 Å². The van der Waals surface area contributed by atoms with E-state index in [0.29, 0.717) is 29.9 Å². The second-order valence-corrected chi connectivity index (χ2v) is 12.8. The summed E-state index contributed by atoms with van der Waals surface area (Å²) in [6.07, 6.45) is 7.66. The van der Waals surface area contributed by atoms with Gasteiger partial charge in [-0.2, -0.15) is 16.8 Å². The number of benzene rings is 3. The molecule has 3 aromatic rings. The standard InChI is InChI=1S/C31H33N3O6S2/c1-5-32-26-14-9-23(10-15-26)31(25-13-18-29(33(2)3)30(20-25)42(38,39)40)24-11-16-27(17-12-24)34(4)21-22-7-6-8-28(19-22)41(35,36)37/h6-20H,5,21H2,1-4H3,(H,35,36,37)(H,38,39,40). The summed E-state index contributed by atoms with van der Waals surface area (Å²) in [4.78, 5) is 7.65. The Hall–Kier alpha value is -4.03. The van der Waals surface area contributed by atoms with Crippen LogP contribution in [0.4, 0.5) is 11.4 Å². The van der Waals surface area contributed by atoms with E-state index < -0.39 is 20.2 Å². The van der Waals surface area contributed by atoms with E-state index in [-0.39, 0.29) is 9.79 Å². The van der Waals surface area contributed by atoms with Gasteiger partial charge in [0.2, 0.25) is 0 Å². The van der Waals surface area contributed by atoms with Gasteiger partial charge in [0, 0.05) is 39.9 Å². The summed E-state index contributed by atoms with van der Waals surface area (Å²) in [6, 6.07) is 18.8. The second-order valence-electron chi connectivity index (χ2n) is 9.97. The van der Waals surface area contributed by atoms with Crippen LogP contribution in [0, 0.1) is 0 Å². The minimum atomic E-state index is -4.50. The van der Waals surface area contributed by atoms with Crippen LogP contribution in [0.5, 0.6) is 0 Å². The van der Waals surface area contributed by atoms with Crippen LogP contribution in [0.15, 0.2) is 111 Å². The van der Waals surface area contributed by atoms with E-state index in [1.165, 1.54) is 18.2 Å². The molecule has 0 aromatic heterocycles. The van der Waals surface area contributed by atoms with Gasteiger partial charge >= 0.3 is 0 Å². The third-order valence-corrected chi connectivity index (χ3v) is 8.45. The Morgan fingerprint density at radius 1 is 0.786 bits per heavy atom. The van der Waals surface area contributed by atoms with Crippen LogP contribution in [0.2, 0.25) is 0 Å². The number of rotatable bonds is 9. The zero-order chi connectivity index (χ0) is 30.7. The smallest absolute Gasteiger partial charge is 0.296 e. The van der Waals surface area contributed by atoms with Crippen LogP contribution in [-0.4, -0.2) is 59.3 Å². The van der Waals surface area contributed by atoms with Gasteiger partial charge in [0.1, 0.15) is 4.90 Å². The first kappa shape index (κ1) is 30.9. The van der Waals surface area contributed by atoms with Crippen molar-refractivity contribution in [1.29, 1.82) is 0 Å². The van der Waals surface area contributed by atoms with E-state index in [4.69, 9.17) is 0 Å². The molecule has 11 heteroatoms. The molecule has 2 N–H and O–H groups in total. The van der Waals surface area contributed by atoms with Gasteiger partial charge in [-0.05, 0) is 83.3 Å². The summed E-state index contributed by atoms with van der Waals surface area (Å²) in [5.41, 5.74) is 5.80. The van der Waals surface area contributed by atoms with Crippen molar-refractivity contribution >= 4 is 42.9 Å². The lowest BCUT2D eigenvalue weighted by molar-refractivity contribution is 0.481. The lowest BCUT2D eigenvalue weighted by Gasteiger charge is -2.22. The minimum absolute atomic E-state index is 0.162. The van der Waals surface area contributed by atoms with Crippen molar-refractivity contribution in [2.24, 2.45) is 4.99 Å². The van der Waals surface area contributed by atoms with Crippen LogP contribution >= 0.6 is 0 Å². The number of hydrogen-bond donors (Lipinski definition) is 2. The van der Waals surface area contributed by atoms with Crippen molar-refractivity contribution in [3.05, 3.63) is 113 Å². The quantitative estimate of drug-likeness (QED) is 0.315. The molecular formula is C31H33N3O6S2. The van der Waals surface area contributed by atoms with Gasteiger partial charge in [0.15, 0.2) is 0 Å². The van der Waals surface area contributed by atoms with E-state index in [0.717, 1.165) is 28.1 Å². The SMILES string of the molecule is CCN=C1C=CC(=C(c2ccc(N(C)Cc3cccc(S(=O)(=O)O)c3)cc2)c2ccc(N(C)C)c(S(=O)(=O)O)c2)C=C1. The predicted molar refractivity (Wildman–Crippen MR) is 168 cm³/mol. The summed E-state index contributed by atoms with van der Waals surface area (Å²) < 4.78 is 67.1. The highest BCUT2D eigenvalue weighted by Gasteiger charge is 2.21. The van der Waals surface area contributed by atoms with E-state index in [2.05, 4.69) is 4.99 Å². The highest BCUT2D eigenvalue weighted by atomic mass is 32.2. The molecule has 0 aliphatic heterocycles. The largest absolute Gasteiger partial charge is 0.377 e. The average Bonchev–Trinajstić information content (AvgIpc) is 2.94. The van der Waals surface area contributed by atoms with E-state index in [9.17, 15) is 25.9 Å². The summed E-state index contributed by atoms with van der Waals surface area (Å²) in [6.45, 7) is 3.00. The highest BCUT2D eigenvalue weighted by Crippen LogP contribution is 2.35. The molecule has 42 heavy (non-hydrogen) atoms. The third-order valence-electron chi connectivity index (χ3n) is 6.72. The van der Waals surface area contributed by atoms with Gasteiger partial charge in [-0.25, -0.2) is 0 Å². The Morgan fingerprint density at radius 2 is 1.43 bits per heavy atom. The first-order chi connectivity index (χ1) is 19.8. The predicted octanol–water partition coefficient (Wildman–Crippen LogP) is 5.27. The first-order valence-electron chi connectivity index (χ1n) is 13.1. The molecule has 0 unspecified atom stereocenters. The number of allylic oxidation sites excluding steroid dienone is 5. The van der Waals surface area contributed by atoms with Gasteiger partial charge in [-0.15, -0.1) is 0 Å². The molecule has 3 aromatic carbocycles. The molecule has 1 aliphatic rings. The molecule has 220 valence electrons. The summed E-state index contributed by atoms with van der Waals surface area (Å²) in [7, 11) is -3.52. The van der Waals surface area contributed by atoms with Crippen molar-refractivity contribution in [2.45, 2.75) is 23.3 Å². The van der Waals surface area contributed by atoms with Crippen LogP contribution in [0.25, 0.3) is 5.57 Å². The minimum Gasteiger partial charge on any atom is -0.377 e. The first-order valence-corrected chi connectivity index (χ1v) is 16.0. The zero-order valence-electron chi connectivity index (χ0n) is 23.8. The summed E-state index contributed by atoms with van der Waals surface area (Å²) >= 11 is 0. The Bertz CT molecular complexity index is 1800. The Kier molecular flexibility index (Phi) is 9.17. The number of hydrogen-bond acceptors (Lipinski definition) is 7. The third kappa shape index (κ3) is 7.24. The number of aliphatic imine (C=N–C) groups is 1. The Labute approximate surface area is 247 Å². The van der Waals surface area contributed by atoms with E-state index >= 15 is 0 Å². The molecule has 0 saturated heterocycles. The Balaban J connectivity index is 1.76. The van der Waals surface area contributed by atoms with Gasteiger partial charge in [0.25, 0.3) is 20.2 Å². The lowest BCUT2D eigenvalue weighted by Crippen LogP contribution is -2.16. The molecule has 0 radical (unpaired) electrons. The fraction of sp³-hybridized carbons (Fsp3) is 0.194. The second kappa shape index (κ2) is 12.5. The van der Waals surface area contributed by atoms with Crippen LogP contribution < -0.4 is 9.80 Å². The van der Waals surface area contributed by atoms with Crippen molar-refractivity contribution in [2.75, 3.05) is 37.5 Å². The number of nitrogens with zero attached hydrogens (tertiary/aromatic N) is 3. The topological polar surface area (TPSA) is 128 Å². The van der Waals surface area contributed by atoms with Gasteiger partial charge < -0.3 is 9.80 Å². The van der Waals surface area contributed by atoms with Gasteiger partial charge in [-0.1, -0.05) is 42.5 Å². The van der Waals surface area contributed by atoms with E-state index in [1.807, 2.05) is 73.5 Å². The molecule has 0 spiro atoms. The van der Waals surface area contributed by atoms with Crippen LogP contribution in [-0.2, 0) is 26.8 Å². The van der Waals surface area contributed by atoms with Crippen molar-refractivity contribution in [3.8, 4) is 0 Å². The molecule has 0 bridgehead atoms. The number of anilines is 2. The maximum atomic E-state index is 12.3. The monoisotopic (exact) mass is 607 g/mol. The van der Waals surface area contributed by atoms with Gasteiger partial charge in [-0.3, -0.25) is 14.1 Å². The lowest BCUT2D eigenvalue weighted by atomic mass is 9.90. The van der Waals surface area contributed by atoms with E-state index in [1.54, 1.807) is 37.2 Å². The molecular weight excluding hydrogens is 574 g/mol. The molecule has 9 nitrogen and oxygen atoms in total. The van der Waals surface area contributed by atoms with Crippen molar-refractivity contribution < 1.29 is 25.9 Å². The van der Waals surface area contributed by atoms with Crippen LogP contribution in [0.1, 0.15) is 23.6 Å². The maximum Gasteiger partial charge on any atom is 0.296 e. The Morgan fingerprint density at radius 3 is 2.00 bits per heavy atom. The highest BCUT2D eigenvalue weighted by molar-refractivity contribution is 7.86. The molecule has 4 rings (SSSR count). The molecule has 0 amide bonds. The summed E-state index contributed by atoms with van der Waals surface area (Å²) in [5.74, 6) is 0. The molecule has 0 atom stereocenters.